The first-order valence-electron chi connectivity index (χ1n) is 5.31. The molecule has 2 N–H and O–H groups in total. The van der Waals surface area contributed by atoms with Gasteiger partial charge < -0.3 is 5.73 Å². The second-order valence-corrected chi connectivity index (χ2v) is 4.40. The summed E-state index contributed by atoms with van der Waals surface area (Å²) in [5, 5.41) is 0. The number of halogens is 1. The van der Waals surface area contributed by atoms with Crippen LogP contribution < -0.4 is 5.73 Å². The van der Waals surface area contributed by atoms with E-state index in [-0.39, 0.29) is 17.9 Å². The van der Waals surface area contributed by atoms with E-state index in [1.165, 1.54) is 6.07 Å². The molecule has 2 unspecified atom stereocenters. The van der Waals surface area contributed by atoms with Crippen LogP contribution in [0.3, 0.4) is 0 Å². The molecule has 1 aliphatic heterocycles. The first kappa shape index (κ1) is 10.6. The Morgan fingerprint density at radius 2 is 2.20 bits per heavy atom. The first-order chi connectivity index (χ1) is 7.09. The third-order valence-corrected chi connectivity index (χ3v) is 3.17. The zero-order valence-corrected chi connectivity index (χ0v) is 9.20. The number of benzene rings is 1. The Morgan fingerprint density at radius 1 is 1.47 bits per heavy atom. The smallest absolute Gasteiger partial charge is 0.128 e. The molecular formula is C12H17FN2. The zero-order chi connectivity index (χ0) is 11.0. The van der Waals surface area contributed by atoms with Gasteiger partial charge in [0.2, 0.25) is 0 Å². The summed E-state index contributed by atoms with van der Waals surface area (Å²) in [7, 11) is 2.00. The summed E-state index contributed by atoms with van der Waals surface area (Å²) in [6, 6.07) is 5.31. The lowest BCUT2D eigenvalue weighted by molar-refractivity contribution is 0.296. The summed E-state index contributed by atoms with van der Waals surface area (Å²) < 4.78 is 13.7. The number of hydrogen-bond acceptors (Lipinski definition) is 2. The van der Waals surface area contributed by atoms with E-state index in [4.69, 9.17) is 5.73 Å². The molecule has 1 heterocycles. The van der Waals surface area contributed by atoms with E-state index in [9.17, 15) is 4.39 Å². The monoisotopic (exact) mass is 208 g/mol. The molecule has 0 spiro atoms. The highest BCUT2D eigenvalue weighted by molar-refractivity contribution is 5.28. The fourth-order valence-corrected chi connectivity index (χ4v) is 2.33. The summed E-state index contributed by atoms with van der Waals surface area (Å²) in [6.07, 6.45) is 0.939. The molecule has 0 amide bonds. The highest BCUT2D eigenvalue weighted by Crippen LogP contribution is 2.31. The normalized spacial score (nSPS) is 27.2. The minimum absolute atomic E-state index is 0.0323. The number of likely N-dealkylation sites (N-methyl/N-ethyl adjacent to an activating group) is 1. The molecule has 1 fully saturated rings. The number of rotatable bonds is 1. The topological polar surface area (TPSA) is 29.3 Å². The van der Waals surface area contributed by atoms with Crippen molar-refractivity contribution in [2.75, 3.05) is 13.6 Å². The lowest BCUT2D eigenvalue weighted by Gasteiger charge is -2.23. The lowest BCUT2D eigenvalue weighted by atomic mass is 9.99. The summed E-state index contributed by atoms with van der Waals surface area (Å²) in [4.78, 5) is 2.13. The first-order valence-corrected chi connectivity index (χ1v) is 5.31. The van der Waals surface area contributed by atoms with Crippen LogP contribution >= 0.6 is 0 Å². The molecule has 0 aromatic heterocycles. The Hall–Kier alpha value is -0.930. The quantitative estimate of drug-likeness (QED) is 0.763. The molecule has 0 bridgehead atoms. The highest BCUT2D eigenvalue weighted by atomic mass is 19.1. The predicted molar refractivity (Wildman–Crippen MR) is 59.1 cm³/mol. The van der Waals surface area contributed by atoms with Crippen LogP contribution in [0.1, 0.15) is 23.6 Å². The van der Waals surface area contributed by atoms with Crippen molar-refractivity contribution in [2.45, 2.75) is 25.4 Å². The molecule has 1 saturated heterocycles. The average molecular weight is 208 g/mol. The van der Waals surface area contributed by atoms with E-state index in [0.717, 1.165) is 24.1 Å². The maximum Gasteiger partial charge on any atom is 0.128 e. The maximum atomic E-state index is 13.7. The zero-order valence-electron chi connectivity index (χ0n) is 9.20. The van der Waals surface area contributed by atoms with E-state index >= 15 is 0 Å². The Bertz CT molecular complexity index is 355. The average Bonchev–Trinajstić information content (AvgIpc) is 2.51. The minimum atomic E-state index is -0.144. The van der Waals surface area contributed by atoms with Gasteiger partial charge in [0, 0.05) is 18.2 Å². The van der Waals surface area contributed by atoms with Crippen LogP contribution in [0.15, 0.2) is 18.2 Å². The van der Waals surface area contributed by atoms with Crippen LogP contribution in [-0.2, 0) is 0 Å². The minimum Gasteiger partial charge on any atom is -0.326 e. The second-order valence-electron chi connectivity index (χ2n) is 4.40. The molecule has 3 heteroatoms. The molecule has 1 aromatic carbocycles. The van der Waals surface area contributed by atoms with Gasteiger partial charge in [-0.3, -0.25) is 4.90 Å². The van der Waals surface area contributed by atoms with Gasteiger partial charge in [0.05, 0.1) is 6.04 Å². The Morgan fingerprint density at radius 3 is 2.80 bits per heavy atom. The number of aryl methyl sites for hydroxylation is 1. The molecule has 15 heavy (non-hydrogen) atoms. The van der Waals surface area contributed by atoms with Gasteiger partial charge in [-0.15, -0.1) is 0 Å². The van der Waals surface area contributed by atoms with Crippen molar-refractivity contribution in [3.05, 3.63) is 35.1 Å². The van der Waals surface area contributed by atoms with Crippen molar-refractivity contribution < 1.29 is 4.39 Å². The van der Waals surface area contributed by atoms with Crippen LogP contribution in [0.25, 0.3) is 0 Å². The summed E-state index contributed by atoms with van der Waals surface area (Å²) in [6.45, 7) is 2.92. The highest BCUT2D eigenvalue weighted by Gasteiger charge is 2.31. The number of nitrogens with zero attached hydrogens (tertiary/aromatic N) is 1. The molecular weight excluding hydrogens is 191 g/mol. The SMILES string of the molecule is Cc1ccc(F)c(C2C(N)CCN2C)c1. The van der Waals surface area contributed by atoms with Crippen molar-refractivity contribution in [3.8, 4) is 0 Å². The standard InChI is InChI=1S/C12H17FN2/c1-8-3-4-10(13)9(7-8)12-11(14)5-6-15(12)2/h3-4,7,11-12H,5-6,14H2,1-2H3. The number of likely N-dealkylation sites (tertiary alicyclic amines) is 1. The van der Waals surface area contributed by atoms with Crippen LogP contribution in [0.2, 0.25) is 0 Å². The van der Waals surface area contributed by atoms with Crippen molar-refractivity contribution in [1.82, 2.24) is 4.90 Å². The summed E-state index contributed by atoms with van der Waals surface area (Å²) >= 11 is 0. The number of hydrogen-bond donors (Lipinski definition) is 1. The second kappa shape index (κ2) is 3.91. The van der Waals surface area contributed by atoms with Gasteiger partial charge in [-0.1, -0.05) is 17.7 Å². The van der Waals surface area contributed by atoms with E-state index in [1.807, 2.05) is 20.0 Å². The van der Waals surface area contributed by atoms with Gasteiger partial charge in [0.15, 0.2) is 0 Å². The maximum absolute atomic E-state index is 13.7. The summed E-state index contributed by atoms with van der Waals surface area (Å²) in [5.41, 5.74) is 7.83. The molecule has 0 aliphatic carbocycles. The molecule has 2 atom stereocenters. The van der Waals surface area contributed by atoms with Gasteiger partial charge in [-0.25, -0.2) is 4.39 Å². The third kappa shape index (κ3) is 1.90. The van der Waals surface area contributed by atoms with E-state index in [0.29, 0.717) is 0 Å². The molecule has 2 nitrogen and oxygen atoms in total. The molecule has 1 aromatic rings. The molecule has 0 radical (unpaired) electrons. The largest absolute Gasteiger partial charge is 0.326 e. The summed E-state index contributed by atoms with van der Waals surface area (Å²) in [5.74, 6) is -0.144. The Balaban J connectivity index is 2.39. The van der Waals surface area contributed by atoms with Gasteiger partial charge in [-0.05, 0) is 26.5 Å². The van der Waals surface area contributed by atoms with Gasteiger partial charge >= 0.3 is 0 Å². The van der Waals surface area contributed by atoms with Crippen LogP contribution in [0.4, 0.5) is 4.39 Å². The lowest BCUT2D eigenvalue weighted by Crippen LogP contribution is -2.30. The van der Waals surface area contributed by atoms with Gasteiger partial charge in [0.1, 0.15) is 5.82 Å². The van der Waals surface area contributed by atoms with E-state index in [2.05, 4.69) is 4.90 Å². The van der Waals surface area contributed by atoms with E-state index < -0.39 is 0 Å². The fraction of sp³-hybridized carbons (Fsp3) is 0.500. The van der Waals surface area contributed by atoms with E-state index in [1.54, 1.807) is 6.07 Å². The predicted octanol–water partition coefficient (Wildman–Crippen LogP) is 1.84. The molecule has 2 rings (SSSR count). The molecule has 0 saturated carbocycles. The van der Waals surface area contributed by atoms with Crippen molar-refractivity contribution in [1.29, 1.82) is 0 Å². The van der Waals surface area contributed by atoms with Gasteiger partial charge in [-0.2, -0.15) is 0 Å². The van der Waals surface area contributed by atoms with Crippen molar-refractivity contribution in [2.24, 2.45) is 5.73 Å². The Labute approximate surface area is 89.9 Å². The van der Waals surface area contributed by atoms with Crippen LogP contribution in [-0.4, -0.2) is 24.5 Å². The van der Waals surface area contributed by atoms with Crippen molar-refractivity contribution >= 4 is 0 Å². The van der Waals surface area contributed by atoms with Crippen LogP contribution in [0.5, 0.6) is 0 Å². The van der Waals surface area contributed by atoms with Crippen LogP contribution in [0, 0.1) is 12.7 Å². The third-order valence-electron chi connectivity index (χ3n) is 3.17. The van der Waals surface area contributed by atoms with Gasteiger partial charge in [0.25, 0.3) is 0 Å². The molecule has 1 aliphatic rings. The molecule has 82 valence electrons. The number of nitrogens with two attached hydrogens (primary N) is 1. The Kier molecular flexibility index (Phi) is 2.76. The fourth-order valence-electron chi connectivity index (χ4n) is 2.33. The van der Waals surface area contributed by atoms with Crippen molar-refractivity contribution in [3.63, 3.8) is 0 Å².